The Balaban J connectivity index is 1.61. The Hall–Kier alpha value is -2.95. The van der Waals surface area contributed by atoms with E-state index in [4.69, 9.17) is 16.3 Å². The van der Waals surface area contributed by atoms with Crippen molar-refractivity contribution in [1.29, 1.82) is 0 Å². The Labute approximate surface area is 184 Å². The van der Waals surface area contributed by atoms with Crippen LogP contribution in [0, 0.1) is 6.92 Å². The van der Waals surface area contributed by atoms with Gasteiger partial charge >= 0.3 is 6.01 Å². The van der Waals surface area contributed by atoms with Gasteiger partial charge in [0.25, 0.3) is 0 Å². The summed E-state index contributed by atoms with van der Waals surface area (Å²) in [5.74, 6) is 0.646. The maximum Gasteiger partial charge on any atom is 0.302 e. The fourth-order valence-electron chi connectivity index (χ4n) is 3.21. The van der Waals surface area contributed by atoms with E-state index in [1.807, 2.05) is 42.7 Å². The largest absolute Gasteiger partial charge is 0.426 e. The fourth-order valence-corrected chi connectivity index (χ4v) is 4.75. The maximum absolute atomic E-state index is 13.0. The van der Waals surface area contributed by atoms with Crippen LogP contribution in [-0.4, -0.2) is 28.3 Å². The molecule has 0 saturated heterocycles. The van der Waals surface area contributed by atoms with Crippen molar-refractivity contribution < 1.29 is 17.8 Å². The van der Waals surface area contributed by atoms with Crippen LogP contribution < -0.4 is 9.46 Å². The van der Waals surface area contributed by atoms with Crippen LogP contribution in [0.2, 0.25) is 5.02 Å². The SMILES string of the molecule is CCn1c(C(C)NS(=O)(=O)c2ccc(Cl)c3nonc23)cnc1Oc1ccc(C)cc1. The number of imidazole rings is 1. The van der Waals surface area contributed by atoms with E-state index in [1.165, 1.54) is 12.1 Å². The first-order valence-corrected chi connectivity index (χ1v) is 11.4. The number of halogens is 1. The number of rotatable bonds is 7. The summed E-state index contributed by atoms with van der Waals surface area (Å²) >= 11 is 6.04. The van der Waals surface area contributed by atoms with Gasteiger partial charge in [-0.3, -0.25) is 4.57 Å². The summed E-state index contributed by atoms with van der Waals surface area (Å²) in [5.41, 5.74) is 2.02. The Kier molecular flexibility index (Phi) is 5.69. The third kappa shape index (κ3) is 4.14. The average molecular weight is 462 g/mol. The minimum atomic E-state index is -3.95. The molecule has 1 N–H and O–H groups in total. The van der Waals surface area contributed by atoms with Gasteiger partial charge in [-0.25, -0.2) is 22.8 Å². The second kappa shape index (κ2) is 8.29. The van der Waals surface area contributed by atoms with E-state index in [0.29, 0.717) is 24.0 Å². The van der Waals surface area contributed by atoms with Gasteiger partial charge in [0, 0.05) is 6.54 Å². The molecule has 0 saturated carbocycles. The molecule has 2 aromatic heterocycles. The van der Waals surface area contributed by atoms with E-state index >= 15 is 0 Å². The molecule has 2 aromatic carbocycles. The first kappa shape index (κ1) is 21.3. The predicted molar refractivity (Wildman–Crippen MR) is 115 cm³/mol. The summed E-state index contributed by atoms with van der Waals surface area (Å²) in [6.45, 7) is 6.19. The van der Waals surface area contributed by atoms with Crippen LogP contribution in [0.3, 0.4) is 0 Å². The minimum Gasteiger partial charge on any atom is -0.426 e. The normalized spacial score (nSPS) is 12.9. The second-order valence-corrected chi connectivity index (χ2v) is 9.06. The first-order valence-electron chi connectivity index (χ1n) is 9.53. The number of aryl methyl sites for hydroxylation is 1. The number of sulfonamides is 1. The number of fused-ring (bicyclic) bond motifs is 1. The number of benzene rings is 2. The van der Waals surface area contributed by atoms with Gasteiger partial charge in [0.2, 0.25) is 10.0 Å². The molecule has 4 rings (SSSR count). The van der Waals surface area contributed by atoms with Gasteiger partial charge in [0.15, 0.2) is 11.0 Å². The molecule has 162 valence electrons. The van der Waals surface area contributed by atoms with Gasteiger partial charge in [0.05, 0.1) is 23.0 Å². The van der Waals surface area contributed by atoms with Crippen LogP contribution in [-0.2, 0) is 16.6 Å². The summed E-state index contributed by atoms with van der Waals surface area (Å²) in [6.07, 6.45) is 1.59. The summed E-state index contributed by atoms with van der Waals surface area (Å²) in [4.78, 5) is 4.26. The molecule has 0 aliphatic heterocycles. The van der Waals surface area contributed by atoms with Crippen molar-refractivity contribution in [1.82, 2.24) is 24.6 Å². The fraction of sp³-hybridized carbons (Fsp3) is 0.250. The smallest absolute Gasteiger partial charge is 0.302 e. The Morgan fingerprint density at radius 3 is 2.58 bits per heavy atom. The zero-order chi connectivity index (χ0) is 22.2. The maximum atomic E-state index is 13.0. The summed E-state index contributed by atoms with van der Waals surface area (Å²) in [6, 6.07) is 10.2. The number of nitrogens with one attached hydrogen (secondary N) is 1. The average Bonchev–Trinajstić information content (AvgIpc) is 3.37. The van der Waals surface area contributed by atoms with Crippen molar-refractivity contribution in [3.8, 4) is 11.8 Å². The van der Waals surface area contributed by atoms with Crippen LogP contribution >= 0.6 is 11.6 Å². The van der Waals surface area contributed by atoms with Gasteiger partial charge in [-0.1, -0.05) is 29.3 Å². The van der Waals surface area contributed by atoms with Crippen molar-refractivity contribution in [3.63, 3.8) is 0 Å². The lowest BCUT2D eigenvalue weighted by Gasteiger charge is -2.17. The Morgan fingerprint density at radius 1 is 1.16 bits per heavy atom. The highest BCUT2D eigenvalue weighted by atomic mass is 35.5. The molecule has 0 bridgehead atoms. The molecule has 0 aliphatic rings. The van der Waals surface area contributed by atoms with Crippen LogP contribution in [0.15, 0.2) is 52.1 Å². The highest BCUT2D eigenvalue weighted by molar-refractivity contribution is 7.89. The van der Waals surface area contributed by atoms with Gasteiger partial charge in [-0.15, -0.1) is 0 Å². The third-order valence-electron chi connectivity index (χ3n) is 4.79. The van der Waals surface area contributed by atoms with E-state index in [0.717, 1.165) is 5.56 Å². The zero-order valence-corrected chi connectivity index (χ0v) is 18.6. The molecule has 1 atom stereocenters. The third-order valence-corrected chi connectivity index (χ3v) is 6.67. The van der Waals surface area contributed by atoms with Crippen LogP contribution in [0.1, 0.15) is 31.1 Å². The molecular weight excluding hydrogens is 442 g/mol. The number of aromatic nitrogens is 4. The van der Waals surface area contributed by atoms with Crippen molar-refractivity contribution in [3.05, 3.63) is 58.9 Å². The zero-order valence-electron chi connectivity index (χ0n) is 17.0. The molecular formula is C20H20ClN5O4S. The molecule has 4 aromatic rings. The lowest BCUT2D eigenvalue weighted by atomic mass is 10.2. The standard InChI is InChI=1S/C20H20ClN5O4S/c1-4-26-16(11-22-20(26)29-14-7-5-12(2)6-8-14)13(3)25-31(27,28)17-10-9-15(21)18-19(17)24-30-23-18/h5-11,13,25H,4H2,1-3H3. The van der Waals surface area contributed by atoms with E-state index in [1.54, 1.807) is 13.1 Å². The quantitative estimate of drug-likeness (QED) is 0.438. The molecule has 0 fully saturated rings. The summed E-state index contributed by atoms with van der Waals surface area (Å²) < 4.78 is 41.1. The Bertz CT molecular complexity index is 1330. The highest BCUT2D eigenvalue weighted by Gasteiger charge is 2.26. The molecule has 2 heterocycles. The number of nitrogens with zero attached hydrogens (tertiary/aromatic N) is 4. The topological polar surface area (TPSA) is 112 Å². The van der Waals surface area contributed by atoms with E-state index in [9.17, 15) is 8.42 Å². The number of hydrogen-bond donors (Lipinski definition) is 1. The van der Waals surface area contributed by atoms with Gasteiger partial charge in [-0.05, 0) is 55.4 Å². The van der Waals surface area contributed by atoms with Gasteiger partial charge in [-0.2, -0.15) is 0 Å². The molecule has 9 nitrogen and oxygen atoms in total. The van der Waals surface area contributed by atoms with Crippen LogP contribution in [0.25, 0.3) is 11.0 Å². The van der Waals surface area contributed by atoms with Crippen molar-refractivity contribution in [2.45, 2.75) is 38.3 Å². The van der Waals surface area contributed by atoms with E-state index in [2.05, 4.69) is 24.6 Å². The number of ether oxygens (including phenoxy) is 1. The van der Waals surface area contributed by atoms with Crippen molar-refractivity contribution >= 4 is 32.7 Å². The second-order valence-electron chi connectivity index (χ2n) is 6.97. The highest BCUT2D eigenvalue weighted by Crippen LogP contribution is 2.29. The molecule has 11 heteroatoms. The summed E-state index contributed by atoms with van der Waals surface area (Å²) in [5, 5.41) is 7.61. The molecule has 31 heavy (non-hydrogen) atoms. The van der Waals surface area contributed by atoms with Gasteiger partial charge in [0.1, 0.15) is 10.6 Å². The predicted octanol–water partition coefficient (Wildman–Crippen LogP) is 4.23. The molecule has 0 spiro atoms. The lowest BCUT2D eigenvalue weighted by molar-refractivity contribution is 0.315. The van der Waals surface area contributed by atoms with Crippen LogP contribution in [0.5, 0.6) is 11.8 Å². The Morgan fingerprint density at radius 2 is 1.87 bits per heavy atom. The minimum absolute atomic E-state index is 0.0691. The molecule has 0 aliphatic carbocycles. The lowest BCUT2D eigenvalue weighted by Crippen LogP contribution is -2.28. The molecule has 0 amide bonds. The monoisotopic (exact) mass is 461 g/mol. The van der Waals surface area contributed by atoms with Crippen molar-refractivity contribution in [2.24, 2.45) is 0 Å². The van der Waals surface area contributed by atoms with E-state index in [-0.39, 0.29) is 21.0 Å². The first-order chi connectivity index (χ1) is 14.8. The summed E-state index contributed by atoms with van der Waals surface area (Å²) in [7, 11) is -3.95. The van der Waals surface area contributed by atoms with Gasteiger partial charge < -0.3 is 4.74 Å². The van der Waals surface area contributed by atoms with E-state index < -0.39 is 16.1 Å². The van der Waals surface area contributed by atoms with Crippen LogP contribution in [0.4, 0.5) is 0 Å². The molecule has 1 unspecified atom stereocenters. The number of hydrogen-bond acceptors (Lipinski definition) is 7. The molecule has 0 radical (unpaired) electrons. The van der Waals surface area contributed by atoms with Crippen molar-refractivity contribution in [2.75, 3.05) is 0 Å².